The maximum atomic E-state index is 12.0. The molecule has 2 rings (SSSR count). The van der Waals surface area contributed by atoms with Crippen molar-refractivity contribution in [3.05, 3.63) is 59.9 Å². The Morgan fingerprint density at radius 2 is 1.67 bits per heavy atom. The predicted octanol–water partition coefficient (Wildman–Crippen LogP) is 1.96. The molecule has 0 radical (unpaired) electrons. The van der Waals surface area contributed by atoms with Gasteiger partial charge in [-0.1, -0.05) is 12.1 Å². The quantitative estimate of drug-likeness (QED) is 0.933. The number of rotatable bonds is 4. The van der Waals surface area contributed by atoms with Crippen LogP contribution in [0.3, 0.4) is 0 Å². The number of pyridine rings is 1. The molecule has 1 heterocycles. The molecular weight excluding hydrogens is 266 g/mol. The first-order valence-corrected chi connectivity index (χ1v) is 6.57. The maximum Gasteiger partial charge on any atom is 0.255 e. The number of hydrogen-bond acceptors (Lipinski definition) is 3. The van der Waals surface area contributed by atoms with E-state index in [-0.39, 0.29) is 11.8 Å². The number of benzene rings is 1. The van der Waals surface area contributed by atoms with E-state index < -0.39 is 0 Å². The molecule has 5 heteroatoms. The van der Waals surface area contributed by atoms with E-state index in [4.69, 9.17) is 0 Å². The van der Waals surface area contributed by atoms with Crippen molar-refractivity contribution >= 4 is 17.5 Å². The summed E-state index contributed by atoms with van der Waals surface area (Å²) in [6.07, 6.45) is 3.50. The van der Waals surface area contributed by atoms with Crippen LogP contribution in [0.4, 0.5) is 5.69 Å². The summed E-state index contributed by atoms with van der Waals surface area (Å²) in [5.41, 5.74) is 2.16. The summed E-state index contributed by atoms with van der Waals surface area (Å²) in [6, 6.07) is 10.6. The smallest absolute Gasteiger partial charge is 0.255 e. The summed E-state index contributed by atoms with van der Waals surface area (Å²) in [5.74, 6) is -0.141. The van der Waals surface area contributed by atoms with Crippen molar-refractivity contribution in [1.82, 2.24) is 9.88 Å². The van der Waals surface area contributed by atoms with Gasteiger partial charge in [0.25, 0.3) is 5.91 Å². The summed E-state index contributed by atoms with van der Waals surface area (Å²) in [6.45, 7) is 0. The molecule has 1 aromatic heterocycles. The number of amides is 2. The van der Waals surface area contributed by atoms with Crippen molar-refractivity contribution in [1.29, 1.82) is 0 Å². The molecule has 0 aliphatic heterocycles. The predicted molar refractivity (Wildman–Crippen MR) is 81.0 cm³/mol. The van der Waals surface area contributed by atoms with E-state index in [9.17, 15) is 9.59 Å². The normalized spacial score (nSPS) is 10.0. The van der Waals surface area contributed by atoms with E-state index >= 15 is 0 Å². The molecular formula is C16H17N3O2. The summed E-state index contributed by atoms with van der Waals surface area (Å²) in [5, 5.41) is 2.80. The lowest BCUT2D eigenvalue weighted by molar-refractivity contribution is -0.127. The molecule has 0 bridgehead atoms. The molecule has 0 spiro atoms. The molecule has 0 saturated heterocycles. The van der Waals surface area contributed by atoms with E-state index in [1.165, 1.54) is 0 Å². The highest BCUT2D eigenvalue weighted by Gasteiger charge is 2.07. The van der Waals surface area contributed by atoms with Gasteiger partial charge in [0.1, 0.15) is 0 Å². The van der Waals surface area contributed by atoms with Crippen molar-refractivity contribution in [2.75, 3.05) is 19.4 Å². The van der Waals surface area contributed by atoms with Gasteiger partial charge in [-0.2, -0.15) is 0 Å². The van der Waals surface area contributed by atoms with E-state index in [0.717, 1.165) is 5.56 Å². The standard InChI is InChI=1S/C16H17N3O2/c1-19(2)15(20)11-12-3-5-14(6-4-12)18-16(21)13-7-9-17-10-8-13/h3-10H,11H2,1-2H3,(H,18,21). The summed E-state index contributed by atoms with van der Waals surface area (Å²) in [7, 11) is 3.46. The Bertz CT molecular complexity index is 622. The van der Waals surface area contributed by atoms with Gasteiger partial charge in [0, 0.05) is 37.7 Å². The molecule has 0 unspecified atom stereocenters. The van der Waals surface area contributed by atoms with Gasteiger partial charge in [0.15, 0.2) is 0 Å². The minimum atomic E-state index is -0.186. The van der Waals surface area contributed by atoms with E-state index in [1.54, 1.807) is 55.7 Å². The number of carbonyl (C=O) groups excluding carboxylic acids is 2. The zero-order chi connectivity index (χ0) is 15.2. The molecule has 108 valence electrons. The van der Waals surface area contributed by atoms with Crippen LogP contribution in [-0.2, 0) is 11.2 Å². The fraction of sp³-hybridized carbons (Fsp3) is 0.188. The van der Waals surface area contributed by atoms with Crippen LogP contribution in [0.15, 0.2) is 48.8 Å². The monoisotopic (exact) mass is 283 g/mol. The van der Waals surface area contributed by atoms with Crippen LogP contribution in [0.2, 0.25) is 0 Å². The first-order chi connectivity index (χ1) is 10.1. The maximum absolute atomic E-state index is 12.0. The highest BCUT2D eigenvalue weighted by Crippen LogP contribution is 2.12. The van der Waals surface area contributed by atoms with Crippen molar-refractivity contribution < 1.29 is 9.59 Å². The number of hydrogen-bond donors (Lipinski definition) is 1. The van der Waals surface area contributed by atoms with Crippen molar-refractivity contribution in [3.8, 4) is 0 Å². The van der Waals surface area contributed by atoms with Gasteiger partial charge in [0.05, 0.1) is 6.42 Å². The van der Waals surface area contributed by atoms with Crippen molar-refractivity contribution in [2.24, 2.45) is 0 Å². The fourth-order valence-corrected chi connectivity index (χ4v) is 1.75. The van der Waals surface area contributed by atoms with Gasteiger partial charge in [-0.25, -0.2) is 0 Å². The lowest BCUT2D eigenvalue weighted by Crippen LogP contribution is -2.23. The molecule has 2 aromatic rings. The number of nitrogens with one attached hydrogen (secondary N) is 1. The highest BCUT2D eigenvalue weighted by molar-refractivity contribution is 6.04. The average Bonchev–Trinajstić information content (AvgIpc) is 2.50. The molecule has 5 nitrogen and oxygen atoms in total. The summed E-state index contributed by atoms with van der Waals surface area (Å²) < 4.78 is 0. The zero-order valence-electron chi connectivity index (χ0n) is 12.0. The van der Waals surface area contributed by atoms with Gasteiger partial charge in [-0.05, 0) is 29.8 Å². The Labute approximate surface area is 123 Å². The highest BCUT2D eigenvalue weighted by atomic mass is 16.2. The average molecular weight is 283 g/mol. The number of nitrogens with zero attached hydrogens (tertiary/aromatic N) is 2. The van der Waals surface area contributed by atoms with Gasteiger partial charge in [0.2, 0.25) is 5.91 Å². The van der Waals surface area contributed by atoms with E-state index in [0.29, 0.717) is 17.7 Å². The molecule has 0 atom stereocenters. The van der Waals surface area contributed by atoms with Gasteiger partial charge < -0.3 is 10.2 Å². The Kier molecular flexibility index (Phi) is 4.66. The molecule has 0 aliphatic carbocycles. The van der Waals surface area contributed by atoms with Crippen LogP contribution < -0.4 is 5.32 Å². The second-order valence-corrected chi connectivity index (χ2v) is 4.85. The Hall–Kier alpha value is -2.69. The second-order valence-electron chi connectivity index (χ2n) is 4.85. The van der Waals surface area contributed by atoms with Gasteiger partial charge in [-0.3, -0.25) is 14.6 Å². The molecule has 1 N–H and O–H groups in total. The first-order valence-electron chi connectivity index (χ1n) is 6.57. The van der Waals surface area contributed by atoms with Crippen LogP contribution in [0, 0.1) is 0 Å². The Morgan fingerprint density at radius 3 is 2.24 bits per heavy atom. The van der Waals surface area contributed by atoms with Gasteiger partial charge in [-0.15, -0.1) is 0 Å². The molecule has 0 aliphatic rings. The Morgan fingerprint density at radius 1 is 1.05 bits per heavy atom. The minimum Gasteiger partial charge on any atom is -0.349 e. The van der Waals surface area contributed by atoms with Crippen molar-refractivity contribution in [2.45, 2.75) is 6.42 Å². The number of aromatic nitrogens is 1. The van der Waals surface area contributed by atoms with Crippen LogP contribution in [0.25, 0.3) is 0 Å². The van der Waals surface area contributed by atoms with E-state index in [2.05, 4.69) is 10.3 Å². The number of carbonyl (C=O) groups is 2. The molecule has 1 aromatic carbocycles. The third-order valence-corrected chi connectivity index (χ3v) is 3.01. The van der Waals surface area contributed by atoms with Crippen LogP contribution >= 0.6 is 0 Å². The van der Waals surface area contributed by atoms with Crippen molar-refractivity contribution in [3.63, 3.8) is 0 Å². The SMILES string of the molecule is CN(C)C(=O)Cc1ccc(NC(=O)c2ccncc2)cc1. The molecule has 21 heavy (non-hydrogen) atoms. The summed E-state index contributed by atoms with van der Waals surface area (Å²) >= 11 is 0. The second kappa shape index (κ2) is 6.65. The minimum absolute atomic E-state index is 0.0450. The third kappa shape index (κ3) is 4.14. The van der Waals surface area contributed by atoms with Crippen LogP contribution in [-0.4, -0.2) is 35.8 Å². The lowest BCUT2D eigenvalue weighted by atomic mass is 10.1. The fourth-order valence-electron chi connectivity index (χ4n) is 1.75. The van der Waals surface area contributed by atoms with Crippen LogP contribution in [0.5, 0.6) is 0 Å². The Balaban J connectivity index is 2.00. The number of anilines is 1. The lowest BCUT2D eigenvalue weighted by Gasteiger charge is -2.10. The topological polar surface area (TPSA) is 62.3 Å². The molecule has 2 amide bonds. The summed E-state index contributed by atoms with van der Waals surface area (Å²) in [4.78, 5) is 29.0. The largest absolute Gasteiger partial charge is 0.349 e. The number of likely N-dealkylation sites (N-methyl/N-ethyl adjacent to an activating group) is 1. The van der Waals surface area contributed by atoms with E-state index in [1.807, 2.05) is 12.1 Å². The van der Waals surface area contributed by atoms with Gasteiger partial charge >= 0.3 is 0 Å². The third-order valence-electron chi connectivity index (χ3n) is 3.01. The zero-order valence-corrected chi connectivity index (χ0v) is 12.0. The first kappa shape index (κ1) is 14.7. The molecule has 0 saturated carbocycles. The van der Waals surface area contributed by atoms with Crippen LogP contribution in [0.1, 0.15) is 15.9 Å². The molecule has 0 fully saturated rings.